The SMILES string of the molecule is CN1C(=O)c2ccc(C(=O)N3CCC(C(=O)c4cc(F)ccc4F)CC3)cc2C1=O. The Morgan fingerprint density at radius 2 is 1.60 bits per heavy atom. The number of nitrogens with zero attached hydrogens (tertiary/aromatic N) is 2. The molecule has 0 radical (unpaired) electrons. The highest BCUT2D eigenvalue weighted by Gasteiger charge is 2.34. The number of hydrogen-bond donors (Lipinski definition) is 0. The molecule has 154 valence electrons. The van der Waals surface area contributed by atoms with Crippen LogP contribution in [0.2, 0.25) is 0 Å². The van der Waals surface area contributed by atoms with Crippen molar-refractivity contribution >= 4 is 23.5 Å². The van der Waals surface area contributed by atoms with Gasteiger partial charge in [-0.3, -0.25) is 24.1 Å². The molecule has 0 saturated carbocycles. The van der Waals surface area contributed by atoms with Crippen LogP contribution in [-0.4, -0.2) is 53.4 Å². The molecule has 3 amide bonds. The van der Waals surface area contributed by atoms with Gasteiger partial charge in [0, 0.05) is 31.6 Å². The molecular formula is C22H18F2N2O4. The fourth-order valence-corrected chi connectivity index (χ4v) is 3.93. The van der Waals surface area contributed by atoms with Gasteiger partial charge in [0.15, 0.2) is 5.78 Å². The van der Waals surface area contributed by atoms with Crippen LogP contribution in [0.25, 0.3) is 0 Å². The van der Waals surface area contributed by atoms with E-state index in [1.807, 2.05) is 0 Å². The monoisotopic (exact) mass is 412 g/mol. The molecule has 0 spiro atoms. The van der Waals surface area contributed by atoms with Crippen molar-refractivity contribution in [2.24, 2.45) is 5.92 Å². The summed E-state index contributed by atoms with van der Waals surface area (Å²) in [6.07, 6.45) is 0.650. The molecule has 4 rings (SSSR count). The van der Waals surface area contributed by atoms with Crippen LogP contribution in [0.15, 0.2) is 36.4 Å². The fourth-order valence-electron chi connectivity index (χ4n) is 3.93. The first-order valence-electron chi connectivity index (χ1n) is 9.53. The average Bonchev–Trinajstić information content (AvgIpc) is 2.98. The van der Waals surface area contributed by atoms with Crippen molar-refractivity contribution in [1.82, 2.24) is 9.80 Å². The average molecular weight is 412 g/mol. The van der Waals surface area contributed by atoms with Crippen molar-refractivity contribution in [2.45, 2.75) is 12.8 Å². The molecule has 2 aliphatic rings. The van der Waals surface area contributed by atoms with Crippen LogP contribution in [-0.2, 0) is 0 Å². The van der Waals surface area contributed by atoms with Crippen molar-refractivity contribution in [2.75, 3.05) is 20.1 Å². The smallest absolute Gasteiger partial charge is 0.261 e. The van der Waals surface area contributed by atoms with Crippen molar-refractivity contribution in [1.29, 1.82) is 0 Å². The molecular weight excluding hydrogens is 394 g/mol. The number of Topliss-reactive ketones (excluding diaryl/α,β-unsaturated/α-hetero) is 1. The number of ketones is 1. The number of piperidine rings is 1. The summed E-state index contributed by atoms with van der Waals surface area (Å²) >= 11 is 0. The van der Waals surface area contributed by atoms with Crippen LogP contribution in [0.5, 0.6) is 0 Å². The lowest BCUT2D eigenvalue weighted by Gasteiger charge is -2.31. The summed E-state index contributed by atoms with van der Waals surface area (Å²) in [5, 5.41) is 0. The van der Waals surface area contributed by atoms with Gasteiger partial charge in [-0.1, -0.05) is 0 Å². The van der Waals surface area contributed by atoms with E-state index in [1.54, 1.807) is 4.90 Å². The maximum Gasteiger partial charge on any atom is 0.261 e. The summed E-state index contributed by atoms with van der Waals surface area (Å²) in [7, 11) is 1.38. The van der Waals surface area contributed by atoms with Gasteiger partial charge in [-0.25, -0.2) is 8.78 Å². The number of likely N-dealkylation sites (tertiary alicyclic amines) is 1. The van der Waals surface area contributed by atoms with Crippen molar-refractivity contribution in [3.05, 3.63) is 70.3 Å². The summed E-state index contributed by atoms with van der Waals surface area (Å²) in [6, 6.07) is 7.18. The van der Waals surface area contributed by atoms with E-state index in [4.69, 9.17) is 0 Å². The lowest BCUT2D eigenvalue weighted by molar-refractivity contribution is 0.0649. The minimum Gasteiger partial charge on any atom is -0.339 e. The number of carbonyl (C=O) groups excluding carboxylic acids is 4. The van der Waals surface area contributed by atoms with Crippen molar-refractivity contribution < 1.29 is 28.0 Å². The number of carbonyl (C=O) groups is 4. The van der Waals surface area contributed by atoms with E-state index in [9.17, 15) is 28.0 Å². The maximum absolute atomic E-state index is 13.9. The molecule has 1 saturated heterocycles. The molecule has 0 bridgehead atoms. The predicted molar refractivity (Wildman–Crippen MR) is 102 cm³/mol. The number of imide groups is 1. The molecule has 0 N–H and O–H groups in total. The van der Waals surface area contributed by atoms with Gasteiger partial charge in [0.1, 0.15) is 11.6 Å². The number of hydrogen-bond acceptors (Lipinski definition) is 4. The quantitative estimate of drug-likeness (QED) is 0.574. The molecule has 2 aromatic rings. The highest BCUT2D eigenvalue weighted by molar-refractivity contribution is 6.21. The third kappa shape index (κ3) is 3.28. The summed E-state index contributed by atoms with van der Waals surface area (Å²) in [5.41, 5.74) is 0.470. The Bertz CT molecular complexity index is 1090. The lowest BCUT2D eigenvalue weighted by Crippen LogP contribution is -2.40. The topological polar surface area (TPSA) is 74.8 Å². The number of halogens is 2. The molecule has 8 heteroatoms. The summed E-state index contributed by atoms with van der Waals surface area (Å²) < 4.78 is 27.3. The first kappa shape index (κ1) is 19.9. The van der Waals surface area contributed by atoms with Gasteiger partial charge < -0.3 is 4.90 Å². The van der Waals surface area contributed by atoms with Crippen LogP contribution in [0.3, 0.4) is 0 Å². The molecule has 0 atom stereocenters. The highest BCUT2D eigenvalue weighted by Crippen LogP contribution is 2.27. The molecule has 30 heavy (non-hydrogen) atoms. The lowest BCUT2D eigenvalue weighted by atomic mass is 9.88. The van der Waals surface area contributed by atoms with Gasteiger partial charge in [0.25, 0.3) is 17.7 Å². The highest BCUT2D eigenvalue weighted by atomic mass is 19.1. The zero-order valence-corrected chi connectivity index (χ0v) is 16.2. The van der Waals surface area contributed by atoms with Crippen LogP contribution in [0.1, 0.15) is 54.3 Å². The molecule has 0 unspecified atom stereocenters. The van der Waals surface area contributed by atoms with E-state index in [0.717, 1.165) is 23.1 Å². The van der Waals surface area contributed by atoms with E-state index in [2.05, 4.69) is 0 Å². The Balaban J connectivity index is 1.45. The van der Waals surface area contributed by atoms with Gasteiger partial charge in [0.2, 0.25) is 0 Å². The van der Waals surface area contributed by atoms with Crippen LogP contribution < -0.4 is 0 Å². The van der Waals surface area contributed by atoms with Gasteiger partial charge in [-0.15, -0.1) is 0 Å². The first-order chi connectivity index (χ1) is 14.3. The van der Waals surface area contributed by atoms with Gasteiger partial charge in [0.05, 0.1) is 16.7 Å². The van der Waals surface area contributed by atoms with Gasteiger partial charge in [-0.2, -0.15) is 0 Å². The van der Waals surface area contributed by atoms with Crippen molar-refractivity contribution in [3.63, 3.8) is 0 Å². The van der Waals surface area contributed by atoms with E-state index >= 15 is 0 Å². The predicted octanol–water partition coefficient (Wildman–Crippen LogP) is 2.93. The standard InChI is InChI=1S/C22H18F2N2O4/c1-25-21(29)15-4-2-13(10-16(15)22(25)30)20(28)26-8-6-12(7-9-26)19(27)17-11-14(23)3-5-18(17)24/h2-5,10-12H,6-9H2,1H3. The first-order valence-corrected chi connectivity index (χ1v) is 9.53. The summed E-state index contributed by atoms with van der Waals surface area (Å²) in [6.45, 7) is 0.548. The van der Waals surface area contributed by atoms with E-state index < -0.39 is 35.1 Å². The van der Waals surface area contributed by atoms with Crippen LogP contribution >= 0.6 is 0 Å². The van der Waals surface area contributed by atoms with E-state index in [1.165, 1.54) is 25.2 Å². The summed E-state index contributed by atoms with van der Waals surface area (Å²) in [5.74, 6) is -3.58. The largest absolute Gasteiger partial charge is 0.339 e. The Hall–Kier alpha value is -3.42. The van der Waals surface area contributed by atoms with E-state index in [0.29, 0.717) is 12.8 Å². The second kappa shape index (κ2) is 7.44. The second-order valence-corrected chi connectivity index (χ2v) is 7.48. The Labute approximate surface area is 171 Å². The fraction of sp³-hybridized carbons (Fsp3) is 0.273. The van der Waals surface area contributed by atoms with Gasteiger partial charge >= 0.3 is 0 Å². The Kier molecular flexibility index (Phi) is 4.93. The van der Waals surface area contributed by atoms with Crippen LogP contribution in [0.4, 0.5) is 8.78 Å². The number of amides is 3. The Morgan fingerprint density at radius 1 is 0.933 bits per heavy atom. The maximum atomic E-state index is 13.9. The zero-order valence-electron chi connectivity index (χ0n) is 16.2. The Morgan fingerprint density at radius 3 is 2.30 bits per heavy atom. The minimum absolute atomic E-state index is 0.194. The third-order valence-electron chi connectivity index (χ3n) is 5.68. The number of rotatable bonds is 3. The minimum atomic E-state index is -0.762. The molecule has 1 fully saturated rings. The van der Waals surface area contributed by atoms with Crippen LogP contribution in [0, 0.1) is 17.6 Å². The van der Waals surface area contributed by atoms with Gasteiger partial charge in [-0.05, 0) is 49.2 Å². The molecule has 2 aromatic carbocycles. The summed E-state index contributed by atoms with van der Waals surface area (Å²) in [4.78, 5) is 52.1. The third-order valence-corrected chi connectivity index (χ3v) is 5.68. The second-order valence-electron chi connectivity index (χ2n) is 7.48. The zero-order chi connectivity index (χ0) is 21.6. The van der Waals surface area contributed by atoms with E-state index in [-0.39, 0.29) is 41.3 Å². The molecule has 0 aromatic heterocycles. The number of fused-ring (bicyclic) bond motifs is 1. The molecule has 0 aliphatic carbocycles. The molecule has 2 aliphatic heterocycles. The number of benzene rings is 2. The molecule has 6 nitrogen and oxygen atoms in total. The van der Waals surface area contributed by atoms with Crippen molar-refractivity contribution in [3.8, 4) is 0 Å². The molecule has 2 heterocycles. The normalized spacial score (nSPS) is 16.8.